The number of hydrogen-bond acceptors (Lipinski definition) is 6. The molecule has 33 heavy (non-hydrogen) atoms. The van der Waals surface area contributed by atoms with Gasteiger partial charge < -0.3 is 10.1 Å². The molecule has 1 N–H and O–H groups in total. The minimum atomic E-state index is -1.12. The van der Waals surface area contributed by atoms with Crippen molar-refractivity contribution in [1.82, 2.24) is 0 Å². The number of benzene rings is 3. The summed E-state index contributed by atoms with van der Waals surface area (Å²) in [5.74, 6) is -2.21. The van der Waals surface area contributed by atoms with Gasteiger partial charge in [0.05, 0.1) is 33.6 Å². The van der Waals surface area contributed by atoms with Gasteiger partial charge >= 0.3 is 5.97 Å². The van der Waals surface area contributed by atoms with Crippen molar-refractivity contribution in [3.05, 3.63) is 95.1 Å². The number of imide groups is 1. The maximum absolute atomic E-state index is 12.6. The predicted octanol–water partition coefficient (Wildman–Crippen LogP) is 3.54. The third-order valence-corrected chi connectivity index (χ3v) is 5.11. The van der Waals surface area contributed by atoms with E-state index in [4.69, 9.17) is 10.00 Å². The summed E-state index contributed by atoms with van der Waals surface area (Å²) in [5.41, 5.74) is 1.71. The Balaban J connectivity index is 1.43. The highest BCUT2D eigenvalue weighted by atomic mass is 16.5. The second-order valence-corrected chi connectivity index (χ2v) is 7.23. The molecule has 0 saturated carbocycles. The number of fused-ring (bicyclic) bond motifs is 1. The number of anilines is 2. The number of para-hydroxylation sites is 1. The standard InChI is InChI=1S/C25H17N3O5/c1-15(22(29)27-21-9-5-2-6-17(21)14-26)33-25(32)16-10-12-18(13-11-16)28-23(30)19-7-3-4-8-20(19)24(28)31/h2-13,15H,1H3,(H,27,29)/t15-/m1/s1. The Morgan fingerprint density at radius 2 is 1.48 bits per heavy atom. The van der Waals surface area contributed by atoms with Gasteiger partial charge in [0, 0.05) is 0 Å². The molecule has 1 aliphatic rings. The maximum Gasteiger partial charge on any atom is 0.338 e. The Bertz CT molecular complexity index is 1290. The van der Waals surface area contributed by atoms with Crippen LogP contribution in [-0.4, -0.2) is 29.8 Å². The molecule has 1 aliphatic heterocycles. The number of esters is 1. The van der Waals surface area contributed by atoms with E-state index in [0.29, 0.717) is 22.5 Å². The highest BCUT2D eigenvalue weighted by Crippen LogP contribution is 2.28. The van der Waals surface area contributed by atoms with Gasteiger partial charge in [-0.05, 0) is 55.5 Å². The van der Waals surface area contributed by atoms with E-state index in [1.54, 1.807) is 48.5 Å². The molecule has 3 amide bonds. The zero-order chi connectivity index (χ0) is 23.5. The van der Waals surface area contributed by atoms with E-state index < -0.39 is 29.8 Å². The Morgan fingerprint density at radius 3 is 2.09 bits per heavy atom. The highest BCUT2D eigenvalue weighted by Gasteiger charge is 2.36. The highest BCUT2D eigenvalue weighted by molar-refractivity contribution is 6.34. The van der Waals surface area contributed by atoms with Gasteiger partial charge in [0.1, 0.15) is 6.07 Å². The summed E-state index contributed by atoms with van der Waals surface area (Å²) < 4.78 is 5.22. The molecular formula is C25H17N3O5. The molecule has 8 heteroatoms. The van der Waals surface area contributed by atoms with Crippen molar-refractivity contribution in [2.75, 3.05) is 10.2 Å². The number of nitrogens with one attached hydrogen (secondary N) is 1. The summed E-state index contributed by atoms with van der Waals surface area (Å²) >= 11 is 0. The number of carbonyl (C=O) groups excluding carboxylic acids is 4. The zero-order valence-corrected chi connectivity index (χ0v) is 17.4. The van der Waals surface area contributed by atoms with E-state index in [1.807, 2.05) is 6.07 Å². The average Bonchev–Trinajstić information content (AvgIpc) is 3.09. The SMILES string of the molecule is C[C@@H](OC(=O)c1ccc(N2C(=O)c3ccccc3C2=O)cc1)C(=O)Nc1ccccc1C#N. The molecule has 1 atom stereocenters. The lowest BCUT2D eigenvalue weighted by Gasteiger charge is -2.16. The molecule has 0 unspecified atom stereocenters. The van der Waals surface area contributed by atoms with E-state index in [9.17, 15) is 19.2 Å². The fourth-order valence-electron chi connectivity index (χ4n) is 3.38. The van der Waals surface area contributed by atoms with Crippen molar-refractivity contribution >= 4 is 35.1 Å². The number of hydrogen-bond donors (Lipinski definition) is 1. The van der Waals surface area contributed by atoms with Crippen LogP contribution in [0.4, 0.5) is 11.4 Å². The van der Waals surface area contributed by atoms with Crippen molar-refractivity contribution in [1.29, 1.82) is 5.26 Å². The molecule has 4 rings (SSSR count). The van der Waals surface area contributed by atoms with Crippen molar-refractivity contribution in [3.8, 4) is 6.07 Å². The number of ether oxygens (including phenoxy) is 1. The molecular weight excluding hydrogens is 422 g/mol. The Kier molecular flexibility index (Phi) is 5.70. The minimum absolute atomic E-state index is 0.146. The first kappa shape index (κ1) is 21.5. The Morgan fingerprint density at radius 1 is 0.909 bits per heavy atom. The lowest BCUT2D eigenvalue weighted by Crippen LogP contribution is -2.30. The van der Waals surface area contributed by atoms with Gasteiger partial charge in [0.2, 0.25) is 0 Å². The largest absolute Gasteiger partial charge is 0.449 e. The lowest BCUT2D eigenvalue weighted by atomic mass is 10.1. The van der Waals surface area contributed by atoms with Gasteiger partial charge in [-0.2, -0.15) is 5.26 Å². The van der Waals surface area contributed by atoms with E-state index >= 15 is 0 Å². The smallest absolute Gasteiger partial charge is 0.338 e. The third-order valence-electron chi connectivity index (χ3n) is 5.11. The van der Waals surface area contributed by atoms with Crippen LogP contribution in [0.1, 0.15) is 43.6 Å². The molecule has 0 aromatic heterocycles. The normalized spacial score (nSPS) is 13.2. The summed E-state index contributed by atoms with van der Waals surface area (Å²) in [6.45, 7) is 1.41. The van der Waals surface area contributed by atoms with Crippen LogP contribution >= 0.6 is 0 Å². The number of nitriles is 1. The molecule has 0 saturated heterocycles. The van der Waals surface area contributed by atoms with Gasteiger partial charge in [-0.3, -0.25) is 14.4 Å². The van der Waals surface area contributed by atoms with Gasteiger partial charge in [-0.15, -0.1) is 0 Å². The van der Waals surface area contributed by atoms with Crippen LogP contribution in [0.2, 0.25) is 0 Å². The fraction of sp³-hybridized carbons (Fsp3) is 0.0800. The molecule has 0 bridgehead atoms. The number of nitrogens with zero attached hydrogens (tertiary/aromatic N) is 2. The summed E-state index contributed by atoms with van der Waals surface area (Å²) in [5, 5.41) is 11.7. The quantitative estimate of drug-likeness (QED) is 0.480. The van der Waals surface area contributed by atoms with Crippen LogP contribution in [0.3, 0.4) is 0 Å². The molecule has 0 radical (unpaired) electrons. The summed E-state index contributed by atoms with van der Waals surface area (Å²) in [6, 6.07) is 20.7. The first-order valence-electron chi connectivity index (χ1n) is 9.99. The lowest BCUT2D eigenvalue weighted by molar-refractivity contribution is -0.123. The van der Waals surface area contributed by atoms with Crippen molar-refractivity contribution in [2.45, 2.75) is 13.0 Å². The third kappa shape index (κ3) is 4.07. The minimum Gasteiger partial charge on any atom is -0.449 e. The van der Waals surface area contributed by atoms with Gasteiger partial charge in [0.25, 0.3) is 17.7 Å². The van der Waals surface area contributed by atoms with Crippen LogP contribution in [-0.2, 0) is 9.53 Å². The fourth-order valence-corrected chi connectivity index (χ4v) is 3.38. The molecule has 3 aromatic carbocycles. The van der Waals surface area contributed by atoms with E-state index in [2.05, 4.69) is 5.32 Å². The number of rotatable bonds is 5. The first-order chi connectivity index (χ1) is 15.9. The molecule has 0 aliphatic carbocycles. The monoisotopic (exact) mass is 439 g/mol. The van der Waals surface area contributed by atoms with Crippen molar-refractivity contribution in [2.24, 2.45) is 0 Å². The van der Waals surface area contributed by atoms with Crippen LogP contribution < -0.4 is 10.2 Å². The second kappa shape index (κ2) is 8.77. The molecule has 0 fully saturated rings. The van der Waals surface area contributed by atoms with Crippen LogP contribution in [0.5, 0.6) is 0 Å². The molecule has 1 heterocycles. The van der Waals surface area contributed by atoms with Crippen molar-refractivity contribution < 1.29 is 23.9 Å². The topological polar surface area (TPSA) is 117 Å². The van der Waals surface area contributed by atoms with Gasteiger partial charge in [-0.25, -0.2) is 9.69 Å². The zero-order valence-electron chi connectivity index (χ0n) is 17.4. The maximum atomic E-state index is 12.6. The molecule has 0 spiro atoms. The first-order valence-corrected chi connectivity index (χ1v) is 9.99. The number of carbonyl (C=O) groups is 4. The molecule has 8 nitrogen and oxygen atoms in total. The van der Waals surface area contributed by atoms with Gasteiger partial charge in [-0.1, -0.05) is 24.3 Å². The Labute approximate surface area is 189 Å². The number of amides is 3. The van der Waals surface area contributed by atoms with E-state index in [1.165, 1.54) is 31.2 Å². The van der Waals surface area contributed by atoms with Crippen LogP contribution in [0.25, 0.3) is 0 Å². The predicted molar refractivity (Wildman–Crippen MR) is 119 cm³/mol. The van der Waals surface area contributed by atoms with Gasteiger partial charge in [0.15, 0.2) is 6.10 Å². The van der Waals surface area contributed by atoms with E-state index in [0.717, 1.165) is 4.90 Å². The van der Waals surface area contributed by atoms with Crippen molar-refractivity contribution in [3.63, 3.8) is 0 Å². The molecule has 162 valence electrons. The summed E-state index contributed by atoms with van der Waals surface area (Å²) in [7, 11) is 0. The average molecular weight is 439 g/mol. The summed E-state index contributed by atoms with van der Waals surface area (Å²) in [6.07, 6.45) is -1.12. The Hall–Kier alpha value is -4.77. The molecule has 3 aromatic rings. The van der Waals surface area contributed by atoms with Crippen LogP contribution in [0.15, 0.2) is 72.8 Å². The van der Waals surface area contributed by atoms with E-state index in [-0.39, 0.29) is 11.1 Å². The van der Waals surface area contributed by atoms with Crippen LogP contribution in [0, 0.1) is 11.3 Å². The summed E-state index contributed by atoms with van der Waals surface area (Å²) in [4.78, 5) is 51.1. The second-order valence-electron chi connectivity index (χ2n) is 7.23.